The van der Waals surface area contributed by atoms with E-state index in [1.807, 2.05) is 0 Å². The first kappa shape index (κ1) is 13.7. The van der Waals surface area contributed by atoms with Gasteiger partial charge in [0, 0.05) is 5.57 Å². The van der Waals surface area contributed by atoms with Crippen molar-refractivity contribution < 1.29 is 14.7 Å². The lowest BCUT2D eigenvalue weighted by Gasteiger charge is -2.36. The maximum absolute atomic E-state index is 11.8. The summed E-state index contributed by atoms with van der Waals surface area (Å²) < 4.78 is 0. The van der Waals surface area contributed by atoms with Gasteiger partial charge in [0.2, 0.25) is 5.91 Å². The van der Waals surface area contributed by atoms with Crippen LogP contribution in [-0.4, -0.2) is 22.5 Å². The summed E-state index contributed by atoms with van der Waals surface area (Å²) in [5.41, 5.74) is -0.502. The van der Waals surface area contributed by atoms with E-state index in [0.717, 1.165) is 12.8 Å². The molecule has 1 rings (SSSR count). The van der Waals surface area contributed by atoms with E-state index in [0.29, 0.717) is 24.3 Å². The van der Waals surface area contributed by atoms with Crippen LogP contribution in [0.5, 0.6) is 0 Å². The number of carboxylic acids is 1. The van der Waals surface area contributed by atoms with E-state index in [2.05, 4.69) is 12.2 Å². The first-order valence-corrected chi connectivity index (χ1v) is 6.10. The molecule has 1 aliphatic rings. The summed E-state index contributed by atoms with van der Waals surface area (Å²) in [5.74, 6) is -0.645. The van der Waals surface area contributed by atoms with E-state index >= 15 is 0 Å². The smallest absolute Gasteiger partial charge is 0.329 e. The summed E-state index contributed by atoms with van der Waals surface area (Å²) in [6, 6.07) is 0. The van der Waals surface area contributed by atoms with Crippen LogP contribution in [0.2, 0.25) is 0 Å². The molecule has 0 spiro atoms. The fraction of sp³-hybridized carbons (Fsp3) is 0.692. The highest BCUT2D eigenvalue weighted by Gasteiger charge is 2.42. The SMILES string of the molecule is C/C=C(\C)C(=O)NC1(C(=O)O)CCC(C)CC1. The Kier molecular flexibility index (Phi) is 4.32. The van der Waals surface area contributed by atoms with Crippen molar-refractivity contribution in [1.29, 1.82) is 0 Å². The summed E-state index contributed by atoms with van der Waals surface area (Å²) >= 11 is 0. The van der Waals surface area contributed by atoms with Crippen LogP contribution in [-0.2, 0) is 9.59 Å². The lowest BCUT2D eigenvalue weighted by molar-refractivity contribution is -0.149. The molecule has 0 aromatic carbocycles. The standard InChI is InChI=1S/C13H21NO3/c1-4-10(3)11(15)14-13(12(16)17)7-5-9(2)6-8-13/h4,9H,5-8H2,1-3H3,(H,14,15)(H,16,17)/b10-4+. The summed E-state index contributed by atoms with van der Waals surface area (Å²) in [6.07, 6.45) is 4.43. The molecule has 0 radical (unpaired) electrons. The number of amides is 1. The number of carbonyl (C=O) groups excluding carboxylic acids is 1. The average Bonchev–Trinajstić information content (AvgIpc) is 2.30. The van der Waals surface area contributed by atoms with Crippen LogP contribution in [0.15, 0.2) is 11.6 Å². The van der Waals surface area contributed by atoms with Gasteiger partial charge in [0.1, 0.15) is 5.54 Å². The van der Waals surface area contributed by atoms with Gasteiger partial charge in [-0.25, -0.2) is 4.79 Å². The minimum Gasteiger partial charge on any atom is -0.480 e. The molecular formula is C13H21NO3. The molecule has 1 aliphatic carbocycles. The van der Waals surface area contributed by atoms with Crippen LogP contribution in [0.3, 0.4) is 0 Å². The number of rotatable bonds is 3. The minimum atomic E-state index is -1.06. The second kappa shape index (κ2) is 5.34. The lowest BCUT2D eigenvalue weighted by Crippen LogP contribution is -2.56. The number of hydrogen-bond donors (Lipinski definition) is 2. The molecule has 0 aromatic heterocycles. The predicted molar refractivity (Wildman–Crippen MR) is 65.6 cm³/mol. The van der Waals surface area contributed by atoms with E-state index < -0.39 is 11.5 Å². The van der Waals surface area contributed by atoms with Crippen LogP contribution < -0.4 is 5.32 Å². The highest BCUT2D eigenvalue weighted by molar-refractivity contribution is 5.96. The van der Waals surface area contributed by atoms with E-state index in [1.165, 1.54) is 0 Å². The Morgan fingerprint density at radius 1 is 1.35 bits per heavy atom. The number of carbonyl (C=O) groups is 2. The van der Waals surface area contributed by atoms with E-state index in [-0.39, 0.29) is 5.91 Å². The van der Waals surface area contributed by atoms with Gasteiger partial charge in [0.25, 0.3) is 0 Å². The Hall–Kier alpha value is -1.32. The molecule has 1 fully saturated rings. The number of carboxylic acid groups (broad SMARTS) is 1. The fourth-order valence-corrected chi connectivity index (χ4v) is 2.09. The summed E-state index contributed by atoms with van der Waals surface area (Å²) in [6.45, 7) is 5.58. The largest absolute Gasteiger partial charge is 0.480 e. The molecule has 0 aliphatic heterocycles. The van der Waals surface area contributed by atoms with Crippen molar-refractivity contribution in [3.8, 4) is 0 Å². The Morgan fingerprint density at radius 3 is 2.29 bits per heavy atom. The molecule has 2 N–H and O–H groups in total. The zero-order chi connectivity index (χ0) is 13.1. The molecule has 1 saturated carbocycles. The monoisotopic (exact) mass is 239 g/mol. The normalized spacial score (nSPS) is 29.8. The molecule has 0 bridgehead atoms. The Bertz CT molecular complexity index is 339. The zero-order valence-corrected chi connectivity index (χ0v) is 10.7. The summed E-state index contributed by atoms with van der Waals surface area (Å²) in [5, 5.41) is 12.0. The molecule has 96 valence electrons. The van der Waals surface area contributed by atoms with Crippen LogP contribution >= 0.6 is 0 Å². The predicted octanol–water partition coefficient (Wildman–Crippen LogP) is 2.10. The first-order valence-electron chi connectivity index (χ1n) is 6.10. The van der Waals surface area contributed by atoms with Gasteiger partial charge in [-0.05, 0) is 45.4 Å². The third-order valence-electron chi connectivity index (χ3n) is 3.68. The van der Waals surface area contributed by atoms with Crippen molar-refractivity contribution in [2.75, 3.05) is 0 Å². The van der Waals surface area contributed by atoms with E-state index in [4.69, 9.17) is 0 Å². The third kappa shape index (κ3) is 3.08. The number of hydrogen-bond acceptors (Lipinski definition) is 2. The minimum absolute atomic E-state index is 0.274. The van der Waals surface area contributed by atoms with Crippen molar-refractivity contribution >= 4 is 11.9 Å². The number of nitrogens with one attached hydrogen (secondary N) is 1. The maximum Gasteiger partial charge on any atom is 0.329 e. The van der Waals surface area contributed by atoms with Crippen molar-refractivity contribution in [2.45, 2.75) is 52.0 Å². The van der Waals surface area contributed by atoms with Gasteiger partial charge in [0.15, 0.2) is 0 Å². The zero-order valence-electron chi connectivity index (χ0n) is 10.7. The van der Waals surface area contributed by atoms with Gasteiger partial charge < -0.3 is 10.4 Å². The second-order valence-corrected chi connectivity index (χ2v) is 5.00. The van der Waals surface area contributed by atoms with Gasteiger partial charge in [0.05, 0.1) is 0 Å². The Morgan fingerprint density at radius 2 is 1.88 bits per heavy atom. The number of aliphatic carboxylic acids is 1. The van der Waals surface area contributed by atoms with Crippen LogP contribution in [0.25, 0.3) is 0 Å². The van der Waals surface area contributed by atoms with Crippen LogP contribution in [0, 0.1) is 5.92 Å². The molecule has 0 heterocycles. The Balaban J connectivity index is 2.80. The molecule has 0 saturated heterocycles. The highest BCUT2D eigenvalue weighted by atomic mass is 16.4. The quantitative estimate of drug-likeness (QED) is 0.741. The van der Waals surface area contributed by atoms with Gasteiger partial charge in [-0.15, -0.1) is 0 Å². The highest BCUT2D eigenvalue weighted by Crippen LogP contribution is 2.32. The molecule has 0 atom stereocenters. The van der Waals surface area contributed by atoms with Gasteiger partial charge in [-0.3, -0.25) is 4.79 Å². The molecule has 4 nitrogen and oxygen atoms in total. The van der Waals surface area contributed by atoms with Crippen LogP contribution in [0.1, 0.15) is 46.5 Å². The van der Waals surface area contributed by atoms with E-state index in [1.54, 1.807) is 19.9 Å². The first-order chi connectivity index (χ1) is 7.91. The molecular weight excluding hydrogens is 218 g/mol. The average molecular weight is 239 g/mol. The molecule has 1 amide bonds. The second-order valence-electron chi connectivity index (χ2n) is 5.00. The Labute approximate surface area is 102 Å². The van der Waals surface area contributed by atoms with Crippen molar-refractivity contribution in [3.05, 3.63) is 11.6 Å². The van der Waals surface area contributed by atoms with Gasteiger partial charge in [-0.1, -0.05) is 13.0 Å². The number of allylic oxidation sites excluding steroid dienone is 1. The van der Waals surface area contributed by atoms with Crippen molar-refractivity contribution in [2.24, 2.45) is 5.92 Å². The molecule has 0 aromatic rings. The maximum atomic E-state index is 11.8. The van der Waals surface area contributed by atoms with Crippen LogP contribution in [0.4, 0.5) is 0 Å². The summed E-state index contributed by atoms with van der Waals surface area (Å²) in [4.78, 5) is 23.2. The van der Waals surface area contributed by atoms with Gasteiger partial charge >= 0.3 is 5.97 Å². The molecule has 17 heavy (non-hydrogen) atoms. The topological polar surface area (TPSA) is 66.4 Å². The molecule has 4 heteroatoms. The third-order valence-corrected chi connectivity index (χ3v) is 3.68. The fourth-order valence-electron chi connectivity index (χ4n) is 2.09. The molecule has 0 unspecified atom stereocenters. The summed E-state index contributed by atoms with van der Waals surface area (Å²) in [7, 11) is 0. The van der Waals surface area contributed by atoms with Crippen molar-refractivity contribution in [1.82, 2.24) is 5.32 Å². The van der Waals surface area contributed by atoms with Gasteiger partial charge in [-0.2, -0.15) is 0 Å². The lowest BCUT2D eigenvalue weighted by atomic mass is 9.77. The van der Waals surface area contributed by atoms with Crippen molar-refractivity contribution in [3.63, 3.8) is 0 Å². The van der Waals surface area contributed by atoms with E-state index in [9.17, 15) is 14.7 Å².